The summed E-state index contributed by atoms with van der Waals surface area (Å²) in [6.07, 6.45) is -0.364. The van der Waals surface area contributed by atoms with E-state index in [2.05, 4.69) is 0 Å². The summed E-state index contributed by atoms with van der Waals surface area (Å²) in [5.41, 5.74) is 0. The fraction of sp³-hybridized carbons (Fsp3) is 0.938. The highest BCUT2D eigenvalue weighted by molar-refractivity contribution is 5.80. The van der Waals surface area contributed by atoms with Gasteiger partial charge >= 0.3 is 0 Å². The SMILES string of the molecule is CC(C)C(=O)CCCCCO[C@@H]1OC(CO)[C@H](O)[C@H](O)C1C. The van der Waals surface area contributed by atoms with Crippen molar-refractivity contribution in [3.05, 3.63) is 0 Å². The fourth-order valence-electron chi connectivity index (χ4n) is 2.48. The molecule has 1 aliphatic heterocycles. The molecule has 0 aromatic heterocycles. The van der Waals surface area contributed by atoms with Crippen LogP contribution in [0.3, 0.4) is 0 Å². The molecule has 1 fully saturated rings. The molecule has 0 amide bonds. The molecule has 5 atom stereocenters. The molecule has 0 saturated carbocycles. The van der Waals surface area contributed by atoms with Crippen LogP contribution in [0, 0.1) is 11.8 Å². The average Bonchev–Trinajstić information content (AvgIpc) is 2.49. The first-order valence-corrected chi connectivity index (χ1v) is 8.15. The maximum Gasteiger partial charge on any atom is 0.163 e. The lowest BCUT2D eigenvalue weighted by molar-refractivity contribution is -0.282. The van der Waals surface area contributed by atoms with Crippen LogP contribution in [0.1, 0.15) is 46.5 Å². The molecule has 1 saturated heterocycles. The lowest BCUT2D eigenvalue weighted by atomic mass is 9.92. The first-order valence-electron chi connectivity index (χ1n) is 8.15. The second-order valence-corrected chi connectivity index (χ2v) is 6.37. The number of aliphatic hydroxyl groups is 3. The van der Waals surface area contributed by atoms with Crippen molar-refractivity contribution in [2.24, 2.45) is 11.8 Å². The molecule has 6 nitrogen and oxygen atoms in total. The summed E-state index contributed by atoms with van der Waals surface area (Å²) < 4.78 is 11.1. The number of ketones is 1. The molecule has 130 valence electrons. The van der Waals surface area contributed by atoms with Crippen molar-refractivity contribution in [1.82, 2.24) is 0 Å². The van der Waals surface area contributed by atoms with Gasteiger partial charge in [-0.1, -0.05) is 27.2 Å². The minimum absolute atomic E-state index is 0.0936. The van der Waals surface area contributed by atoms with Gasteiger partial charge in [-0.2, -0.15) is 0 Å². The molecule has 0 radical (unpaired) electrons. The number of hydrogen-bond donors (Lipinski definition) is 3. The highest BCUT2D eigenvalue weighted by Crippen LogP contribution is 2.26. The first kappa shape index (κ1) is 19.5. The fourth-order valence-corrected chi connectivity index (χ4v) is 2.48. The van der Waals surface area contributed by atoms with Crippen molar-refractivity contribution in [2.75, 3.05) is 13.2 Å². The lowest BCUT2D eigenvalue weighted by Crippen LogP contribution is -2.55. The quantitative estimate of drug-likeness (QED) is 0.546. The number of aliphatic hydroxyl groups excluding tert-OH is 3. The molecular formula is C16H30O6. The zero-order valence-electron chi connectivity index (χ0n) is 13.8. The van der Waals surface area contributed by atoms with Crippen molar-refractivity contribution in [3.8, 4) is 0 Å². The number of carbonyl (C=O) groups is 1. The van der Waals surface area contributed by atoms with Crippen molar-refractivity contribution < 1.29 is 29.6 Å². The topological polar surface area (TPSA) is 96.2 Å². The minimum atomic E-state index is -1.10. The van der Waals surface area contributed by atoms with Crippen LogP contribution in [0.5, 0.6) is 0 Å². The van der Waals surface area contributed by atoms with Gasteiger partial charge in [-0.3, -0.25) is 4.79 Å². The molecule has 0 aromatic rings. The normalized spacial score (nSPS) is 32.4. The standard InChI is InChI=1S/C16H30O6/c1-10(2)12(18)7-5-4-6-8-21-16-11(3)14(19)15(20)13(9-17)22-16/h10-11,13-17,19-20H,4-9H2,1-3H3/t11?,13?,14-,15+,16-/m1/s1. The van der Waals surface area contributed by atoms with Gasteiger partial charge < -0.3 is 24.8 Å². The number of unbranched alkanes of at least 4 members (excludes halogenated alkanes) is 2. The van der Waals surface area contributed by atoms with E-state index in [0.29, 0.717) is 13.0 Å². The summed E-state index contributed by atoms with van der Waals surface area (Å²) in [6, 6.07) is 0. The van der Waals surface area contributed by atoms with E-state index in [1.807, 2.05) is 13.8 Å². The molecular weight excluding hydrogens is 288 g/mol. The van der Waals surface area contributed by atoms with Crippen molar-refractivity contribution in [3.63, 3.8) is 0 Å². The minimum Gasteiger partial charge on any atom is -0.394 e. The van der Waals surface area contributed by atoms with E-state index in [-0.39, 0.29) is 24.2 Å². The lowest BCUT2D eigenvalue weighted by Gasteiger charge is -2.40. The van der Waals surface area contributed by atoms with Crippen LogP contribution in [0.2, 0.25) is 0 Å². The number of carbonyl (C=O) groups excluding carboxylic acids is 1. The van der Waals surface area contributed by atoms with Gasteiger partial charge in [0.25, 0.3) is 0 Å². The highest BCUT2D eigenvalue weighted by Gasteiger charge is 2.42. The summed E-state index contributed by atoms with van der Waals surface area (Å²) in [4.78, 5) is 11.5. The molecule has 0 aliphatic carbocycles. The number of ether oxygens (including phenoxy) is 2. The molecule has 1 rings (SSSR count). The maximum absolute atomic E-state index is 11.5. The van der Waals surface area contributed by atoms with Crippen LogP contribution in [-0.4, -0.2) is 58.9 Å². The van der Waals surface area contributed by atoms with Crippen LogP contribution in [0.4, 0.5) is 0 Å². The van der Waals surface area contributed by atoms with Crippen LogP contribution in [0.25, 0.3) is 0 Å². The summed E-state index contributed by atoms with van der Waals surface area (Å²) in [7, 11) is 0. The van der Waals surface area contributed by atoms with Gasteiger partial charge in [0.05, 0.1) is 12.7 Å². The van der Waals surface area contributed by atoms with Gasteiger partial charge in [-0.25, -0.2) is 0 Å². The Bertz CT molecular complexity index is 331. The van der Waals surface area contributed by atoms with Crippen molar-refractivity contribution >= 4 is 5.78 Å². The Kier molecular flexibility index (Phi) is 8.49. The van der Waals surface area contributed by atoms with E-state index in [9.17, 15) is 15.0 Å². The third kappa shape index (κ3) is 5.59. The van der Waals surface area contributed by atoms with Gasteiger partial charge in [0.2, 0.25) is 0 Å². The van der Waals surface area contributed by atoms with Crippen LogP contribution in [-0.2, 0) is 14.3 Å². The summed E-state index contributed by atoms with van der Waals surface area (Å²) in [5, 5.41) is 28.8. The smallest absolute Gasteiger partial charge is 0.163 e. The molecule has 22 heavy (non-hydrogen) atoms. The Morgan fingerprint density at radius 3 is 2.45 bits per heavy atom. The molecule has 6 heteroatoms. The number of rotatable bonds is 9. The number of hydrogen-bond acceptors (Lipinski definition) is 6. The Morgan fingerprint density at radius 2 is 1.86 bits per heavy atom. The van der Waals surface area contributed by atoms with E-state index < -0.39 is 24.6 Å². The molecule has 1 aliphatic rings. The van der Waals surface area contributed by atoms with E-state index >= 15 is 0 Å². The van der Waals surface area contributed by atoms with Gasteiger partial charge in [0.1, 0.15) is 18.0 Å². The third-order valence-electron chi connectivity index (χ3n) is 4.18. The summed E-state index contributed by atoms with van der Waals surface area (Å²) in [5.74, 6) is 0.0180. The Morgan fingerprint density at radius 1 is 1.18 bits per heavy atom. The van der Waals surface area contributed by atoms with Gasteiger partial charge in [-0.15, -0.1) is 0 Å². The zero-order chi connectivity index (χ0) is 16.7. The zero-order valence-corrected chi connectivity index (χ0v) is 13.8. The van der Waals surface area contributed by atoms with Crippen LogP contribution in [0.15, 0.2) is 0 Å². The molecule has 0 spiro atoms. The molecule has 1 heterocycles. The third-order valence-corrected chi connectivity index (χ3v) is 4.18. The van der Waals surface area contributed by atoms with Crippen molar-refractivity contribution in [1.29, 1.82) is 0 Å². The molecule has 0 aromatic carbocycles. The Labute approximate surface area is 132 Å². The van der Waals surface area contributed by atoms with Crippen LogP contribution < -0.4 is 0 Å². The average molecular weight is 318 g/mol. The Hall–Kier alpha value is -0.530. The molecule has 0 bridgehead atoms. The van der Waals surface area contributed by atoms with E-state index in [4.69, 9.17) is 14.6 Å². The highest BCUT2D eigenvalue weighted by atomic mass is 16.7. The van der Waals surface area contributed by atoms with E-state index in [0.717, 1.165) is 19.3 Å². The van der Waals surface area contributed by atoms with Gasteiger partial charge in [-0.05, 0) is 12.8 Å². The summed E-state index contributed by atoms with van der Waals surface area (Å²) in [6.45, 7) is 5.66. The number of Topliss-reactive ketones (excluding diaryl/α,β-unsaturated/α-hetero) is 1. The predicted molar refractivity (Wildman–Crippen MR) is 81.2 cm³/mol. The summed E-state index contributed by atoms with van der Waals surface area (Å²) >= 11 is 0. The Balaban J connectivity index is 2.22. The second-order valence-electron chi connectivity index (χ2n) is 6.37. The van der Waals surface area contributed by atoms with Gasteiger partial charge in [0, 0.05) is 24.9 Å². The maximum atomic E-state index is 11.5. The first-order chi connectivity index (χ1) is 10.4. The monoisotopic (exact) mass is 318 g/mol. The second kappa shape index (κ2) is 9.57. The predicted octanol–water partition coefficient (Wildman–Crippen LogP) is 0.864. The van der Waals surface area contributed by atoms with Gasteiger partial charge in [0.15, 0.2) is 6.29 Å². The largest absolute Gasteiger partial charge is 0.394 e. The molecule has 2 unspecified atom stereocenters. The van der Waals surface area contributed by atoms with Crippen LogP contribution >= 0.6 is 0 Å². The molecule has 3 N–H and O–H groups in total. The van der Waals surface area contributed by atoms with Crippen molar-refractivity contribution in [2.45, 2.75) is 71.1 Å². The van der Waals surface area contributed by atoms with E-state index in [1.54, 1.807) is 6.92 Å². The van der Waals surface area contributed by atoms with E-state index in [1.165, 1.54) is 0 Å².